The predicted molar refractivity (Wildman–Crippen MR) is 139 cm³/mol. The number of para-hydroxylation sites is 1. The van der Waals surface area contributed by atoms with Gasteiger partial charge < -0.3 is 14.6 Å². The number of halogens is 3. The molecule has 0 saturated heterocycles. The van der Waals surface area contributed by atoms with E-state index in [2.05, 4.69) is 17.0 Å². The van der Waals surface area contributed by atoms with Gasteiger partial charge in [0.15, 0.2) is 11.6 Å². The number of carboxylic acids is 1. The van der Waals surface area contributed by atoms with E-state index in [-0.39, 0.29) is 21.4 Å². The smallest absolute Gasteiger partial charge is 0.338 e. The van der Waals surface area contributed by atoms with Crippen LogP contribution in [0.25, 0.3) is 10.9 Å². The van der Waals surface area contributed by atoms with E-state index in [1.54, 1.807) is 12.1 Å². The van der Waals surface area contributed by atoms with Crippen molar-refractivity contribution in [1.29, 1.82) is 0 Å². The maximum absolute atomic E-state index is 15.5. The van der Waals surface area contributed by atoms with Crippen molar-refractivity contribution < 1.29 is 18.7 Å². The third-order valence-electron chi connectivity index (χ3n) is 7.05. The van der Waals surface area contributed by atoms with Crippen molar-refractivity contribution in [1.82, 2.24) is 4.57 Å². The average Bonchev–Trinajstić information content (AvgIpc) is 3.55. The van der Waals surface area contributed by atoms with Crippen molar-refractivity contribution >= 4 is 45.9 Å². The first kappa shape index (κ1) is 23.4. The highest BCUT2D eigenvalue weighted by molar-refractivity contribution is 7.99. The Kier molecular flexibility index (Phi) is 5.92. The van der Waals surface area contributed by atoms with Gasteiger partial charge in [0.1, 0.15) is 0 Å². The van der Waals surface area contributed by atoms with Gasteiger partial charge in [-0.05, 0) is 55.2 Å². The van der Waals surface area contributed by atoms with Crippen LogP contribution in [0.5, 0.6) is 0 Å². The van der Waals surface area contributed by atoms with Gasteiger partial charge in [-0.3, -0.25) is 0 Å². The van der Waals surface area contributed by atoms with E-state index in [4.69, 9.17) is 11.6 Å². The maximum atomic E-state index is 15.5. The summed E-state index contributed by atoms with van der Waals surface area (Å²) in [5, 5.41) is 10.1. The second kappa shape index (κ2) is 9.12. The monoisotopic (exact) mass is 524 g/mol. The van der Waals surface area contributed by atoms with Gasteiger partial charge in [-0.2, -0.15) is 0 Å². The van der Waals surface area contributed by atoms with Crippen molar-refractivity contribution in [3.63, 3.8) is 0 Å². The second-order valence-corrected chi connectivity index (χ2v) is 10.7. The first-order valence-electron chi connectivity index (χ1n) is 12.0. The Bertz CT molecular complexity index is 1520. The molecule has 0 atom stereocenters. The van der Waals surface area contributed by atoms with Crippen LogP contribution in [-0.2, 0) is 13.0 Å². The number of aromatic carboxylic acids is 1. The van der Waals surface area contributed by atoms with E-state index in [0.29, 0.717) is 24.0 Å². The fourth-order valence-corrected chi connectivity index (χ4v) is 6.57. The minimum atomic E-state index is -1.32. The van der Waals surface area contributed by atoms with Crippen molar-refractivity contribution in [2.45, 2.75) is 41.5 Å². The molecule has 1 aliphatic carbocycles. The molecule has 1 fully saturated rings. The van der Waals surface area contributed by atoms with Crippen molar-refractivity contribution in [3.8, 4) is 0 Å². The molecular formula is C28H23ClF2N2O2S. The van der Waals surface area contributed by atoms with Crippen LogP contribution in [0.2, 0.25) is 5.02 Å². The largest absolute Gasteiger partial charge is 0.478 e. The molecule has 184 valence electrons. The molecule has 4 nitrogen and oxygen atoms in total. The van der Waals surface area contributed by atoms with Gasteiger partial charge in [0.05, 0.1) is 16.1 Å². The summed E-state index contributed by atoms with van der Waals surface area (Å²) in [6.45, 7) is 2.18. The van der Waals surface area contributed by atoms with Crippen LogP contribution in [-0.4, -0.2) is 28.7 Å². The van der Waals surface area contributed by atoms with Gasteiger partial charge >= 0.3 is 5.97 Å². The molecule has 4 aromatic rings. The lowest BCUT2D eigenvalue weighted by molar-refractivity contribution is 0.0691. The number of nitrogens with zero attached hydrogens (tertiary/aromatic N) is 2. The number of carbonyl (C=O) groups is 1. The number of hydrogen-bond acceptors (Lipinski definition) is 3. The highest BCUT2D eigenvalue weighted by Gasteiger charge is 2.34. The molecule has 3 aromatic carbocycles. The third-order valence-corrected chi connectivity index (χ3v) is 8.51. The summed E-state index contributed by atoms with van der Waals surface area (Å²) >= 11 is 7.39. The van der Waals surface area contributed by atoms with Crippen molar-refractivity contribution in [2.24, 2.45) is 0 Å². The van der Waals surface area contributed by atoms with E-state index in [9.17, 15) is 9.90 Å². The van der Waals surface area contributed by atoms with Gasteiger partial charge in [0.25, 0.3) is 0 Å². The van der Waals surface area contributed by atoms with E-state index in [1.807, 2.05) is 16.7 Å². The van der Waals surface area contributed by atoms with Crippen LogP contribution in [0.15, 0.2) is 64.4 Å². The highest BCUT2D eigenvalue weighted by atomic mass is 35.5. The molecule has 0 unspecified atom stereocenters. The summed E-state index contributed by atoms with van der Waals surface area (Å²) in [6, 6.07) is 16.0. The van der Waals surface area contributed by atoms with Gasteiger partial charge in [-0.25, -0.2) is 13.6 Å². The highest BCUT2D eigenvalue weighted by Crippen LogP contribution is 2.51. The van der Waals surface area contributed by atoms with Gasteiger partial charge in [0.2, 0.25) is 0 Å². The molecule has 1 aliphatic heterocycles. The number of carboxylic acid groups (broad SMARTS) is 1. The molecule has 8 heteroatoms. The molecule has 1 saturated carbocycles. The second-order valence-electron chi connectivity index (χ2n) is 9.29. The summed E-state index contributed by atoms with van der Waals surface area (Å²) < 4.78 is 32.7. The molecule has 0 spiro atoms. The van der Waals surface area contributed by atoms with Gasteiger partial charge in [-0.15, -0.1) is 0 Å². The lowest BCUT2D eigenvalue weighted by Crippen LogP contribution is -2.26. The topological polar surface area (TPSA) is 45.5 Å². The van der Waals surface area contributed by atoms with E-state index >= 15 is 8.78 Å². The first-order chi connectivity index (χ1) is 17.4. The number of fused-ring (bicyclic) bond motifs is 2. The molecule has 0 amide bonds. The molecule has 2 aliphatic rings. The number of aromatic nitrogens is 1. The Morgan fingerprint density at radius 3 is 2.61 bits per heavy atom. The predicted octanol–water partition coefficient (Wildman–Crippen LogP) is 7.36. The first-order valence-corrected chi connectivity index (χ1v) is 13.2. The normalized spacial score (nSPS) is 15.0. The summed E-state index contributed by atoms with van der Waals surface area (Å²) in [7, 11) is 0. The standard InChI is InChI=1S/C28H23ClF2N2O2S/c29-20-11-10-19-26(24(20)31)33(15-14-32-13-12-16-4-1-2-6-21(16)32)25(17-8-9-17)27(19)36-22-7-3-5-18(23(22)30)28(34)35/h1-7,10-11,17H,8-9,12-15H2,(H,34,35). The minimum Gasteiger partial charge on any atom is -0.478 e. The molecule has 1 aromatic heterocycles. The zero-order valence-corrected chi connectivity index (χ0v) is 20.9. The molecule has 6 rings (SSSR count). The Hall–Kier alpha value is -3.03. The number of benzene rings is 3. The maximum Gasteiger partial charge on any atom is 0.338 e. The summed E-state index contributed by atoms with van der Waals surface area (Å²) in [5.74, 6) is -2.33. The lowest BCUT2D eigenvalue weighted by Gasteiger charge is -2.21. The lowest BCUT2D eigenvalue weighted by atomic mass is 10.2. The van der Waals surface area contributed by atoms with Crippen molar-refractivity contribution in [2.75, 3.05) is 18.0 Å². The van der Waals surface area contributed by atoms with Crippen LogP contribution in [0.3, 0.4) is 0 Å². The summed E-state index contributed by atoms with van der Waals surface area (Å²) in [6.07, 6.45) is 2.94. The van der Waals surface area contributed by atoms with Gasteiger partial charge in [0, 0.05) is 52.1 Å². The Balaban J connectivity index is 1.45. The van der Waals surface area contributed by atoms with Gasteiger partial charge in [-0.1, -0.05) is 47.6 Å². The summed E-state index contributed by atoms with van der Waals surface area (Å²) in [5.41, 5.74) is 3.55. The zero-order valence-electron chi connectivity index (χ0n) is 19.3. The fraction of sp³-hybridized carbons (Fsp3) is 0.250. The Labute approximate surface area is 216 Å². The summed E-state index contributed by atoms with van der Waals surface area (Å²) in [4.78, 5) is 14.8. The van der Waals surface area contributed by atoms with E-state index in [0.717, 1.165) is 36.4 Å². The van der Waals surface area contributed by atoms with Crippen LogP contribution >= 0.6 is 23.4 Å². The Morgan fingerprint density at radius 2 is 1.83 bits per heavy atom. The molecule has 1 N–H and O–H groups in total. The van der Waals surface area contributed by atoms with Crippen molar-refractivity contribution in [3.05, 3.63) is 88.1 Å². The zero-order chi connectivity index (χ0) is 25.0. The van der Waals surface area contributed by atoms with Crippen LogP contribution in [0.1, 0.15) is 40.4 Å². The fourth-order valence-electron chi connectivity index (χ4n) is 5.19. The van der Waals surface area contributed by atoms with Crippen LogP contribution < -0.4 is 4.90 Å². The van der Waals surface area contributed by atoms with E-state index < -0.39 is 17.6 Å². The molecular weight excluding hydrogens is 502 g/mol. The Morgan fingerprint density at radius 1 is 1.03 bits per heavy atom. The SMILES string of the molecule is O=C(O)c1cccc(Sc2c(C3CC3)n(CCN3CCc4ccccc43)c3c(F)c(Cl)ccc23)c1F. The average molecular weight is 525 g/mol. The third kappa shape index (κ3) is 3.95. The van der Waals surface area contributed by atoms with E-state index in [1.165, 1.54) is 41.2 Å². The number of anilines is 1. The minimum absolute atomic E-state index is 0.0470. The van der Waals surface area contributed by atoms with Crippen LogP contribution in [0, 0.1) is 11.6 Å². The molecule has 0 radical (unpaired) electrons. The molecule has 2 heterocycles. The number of rotatable bonds is 7. The molecule has 36 heavy (non-hydrogen) atoms. The molecule has 0 bridgehead atoms. The quantitative estimate of drug-likeness (QED) is 0.274. The number of hydrogen-bond donors (Lipinski definition) is 1. The van der Waals surface area contributed by atoms with Crippen LogP contribution in [0.4, 0.5) is 14.5 Å².